The third-order valence-electron chi connectivity index (χ3n) is 3.22. The number of hydrogen-bond acceptors (Lipinski definition) is 4. The predicted molar refractivity (Wildman–Crippen MR) is 68.8 cm³/mol. The molecule has 0 saturated carbocycles. The van der Waals surface area contributed by atoms with Gasteiger partial charge in [-0.15, -0.1) is 0 Å². The first kappa shape index (κ1) is 12.7. The second-order valence-electron chi connectivity index (χ2n) is 5.17. The van der Waals surface area contributed by atoms with Crippen LogP contribution in [0.5, 0.6) is 11.5 Å². The first-order chi connectivity index (χ1) is 8.54. The lowest BCUT2D eigenvalue weighted by Crippen LogP contribution is -2.33. The highest BCUT2D eigenvalue weighted by Gasteiger charge is 2.25. The van der Waals surface area contributed by atoms with Gasteiger partial charge in [-0.25, -0.2) is 0 Å². The first-order valence-corrected chi connectivity index (χ1v) is 6.03. The van der Waals surface area contributed by atoms with Gasteiger partial charge in [0.1, 0.15) is 0 Å². The van der Waals surface area contributed by atoms with Crippen molar-refractivity contribution in [1.82, 2.24) is 5.32 Å². The van der Waals surface area contributed by atoms with Crippen molar-refractivity contribution in [3.8, 4) is 17.6 Å². The van der Waals surface area contributed by atoms with Crippen LogP contribution in [0, 0.1) is 18.3 Å². The fraction of sp³-hybridized carbons (Fsp3) is 0.500. The number of aryl methyl sites for hydroxylation is 1. The lowest BCUT2D eigenvalue weighted by Gasteiger charge is -2.27. The summed E-state index contributed by atoms with van der Waals surface area (Å²) in [6, 6.07) is 6.16. The standard InChI is InChI=1S/C14H18N2O2/c1-10-6-12-13(18-9-17-12)7-11(10)14(2,3)8-16-5-4-15/h6-7,16H,5,8-9H2,1-3H3. The molecule has 1 N–H and O–H groups in total. The number of fused-ring (bicyclic) bond motifs is 1. The Morgan fingerprint density at radius 3 is 2.67 bits per heavy atom. The third-order valence-corrected chi connectivity index (χ3v) is 3.22. The van der Waals surface area contributed by atoms with Crippen LogP contribution in [-0.4, -0.2) is 19.9 Å². The summed E-state index contributed by atoms with van der Waals surface area (Å²) in [6.45, 7) is 7.80. The van der Waals surface area contributed by atoms with Gasteiger partial charge in [-0.2, -0.15) is 5.26 Å². The van der Waals surface area contributed by atoms with Gasteiger partial charge in [0.15, 0.2) is 11.5 Å². The summed E-state index contributed by atoms with van der Waals surface area (Å²) in [5, 5.41) is 11.7. The van der Waals surface area contributed by atoms with E-state index in [1.54, 1.807) is 0 Å². The van der Waals surface area contributed by atoms with Crippen molar-refractivity contribution in [1.29, 1.82) is 5.26 Å². The van der Waals surface area contributed by atoms with Gasteiger partial charge in [-0.3, -0.25) is 0 Å². The average molecular weight is 246 g/mol. The minimum Gasteiger partial charge on any atom is -0.454 e. The molecule has 0 fully saturated rings. The molecule has 4 heteroatoms. The molecule has 0 bridgehead atoms. The molecule has 0 radical (unpaired) electrons. The Kier molecular flexibility index (Phi) is 3.44. The summed E-state index contributed by atoms with van der Waals surface area (Å²) in [4.78, 5) is 0. The van der Waals surface area contributed by atoms with Crippen LogP contribution in [-0.2, 0) is 5.41 Å². The van der Waals surface area contributed by atoms with Gasteiger partial charge in [-0.1, -0.05) is 13.8 Å². The van der Waals surface area contributed by atoms with Crippen LogP contribution >= 0.6 is 0 Å². The van der Waals surface area contributed by atoms with E-state index in [0.717, 1.165) is 18.0 Å². The lowest BCUT2D eigenvalue weighted by atomic mass is 9.81. The molecule has 1 heterocycles. The van der Waals surface area contributed by atoms with Crippen LogP contribution < -0.4 is 14.8 Å². The Morgan fingerprint density at radius 2 is 2.00 bits per heavy atom. The highest BCUT2D eigenvalue weighted by atomic mass is 16.7. The maximum atomic E-state index is 8.57. The van der Waals surface area contributed by atoms with E-state index in [4.69, 9.17) is 14.7 Å². The quantitative estimate of drug-likeness (QED) is 0.653. The van der Waals surface area contributed by atoms with E-state index in [9.17, 15) is 0 Å². The highest BCUT2D eigenvalue weighted by Crippen LogP contribution is 2.38. The van der Waals surface area contributed by atoms with Gasteiger partial charge in [-0.05, 0) is 30.2 Å². The van der Waals surface area contributed by atoms with Gasteiger partial charge in [0.05, 0.1) is 12.6 Å². The number of nitrogens with zero attached hydrogens (tertiary/aromatic N) is 1. The molecule has 0 atom stereocenters. The van der Waals surface area contributed by atoms with E-state index in [0.29, 0.717) is 13.3 Å². The number of ether oxygens (including phenoxy) is 2. The van der Waals surface area contributed by atoms with Crippen molar-refractivity contribution in [2.75, 3.05) is 19.9 Å². The van der Waals surface area contributed by atoms with Crippen molar-refractivity contribution in [3.05, 3.63) is 23.3 Å². The van der Waals surface area contributed by atoms with Gasteiger partial charge >= 0.3 is 0 Å². The summed E-state index contributed by atoms with van der Waals surface area (Å²) >= 11 is 0. The van der Waals surface area contributed by atoms with Crippen molar-refractivity contribution >= 4 is 0 Å². The predicted octanol–water partition coefficient (Wildman–Crippen LogP) is 2.11. The largest absolute Gasteiger partial charge is 0.454 e. The summed E-state index contributed by atoms with van der Waals surface area (Å²) in [7, 11) is 0. The van der Waals surface area contributed by atoms with E-state index in [-0.39, 0.29) is 5.41 Å². The maximum Gasteiger partial charge on any atom is 0.231 e. The van der Waals surface area contributed by atoms with E-state index in [1.165, 1.54) is 11.1 Å². The van der Waals surface area contributed by atoms with Crippen LogP contribution in [0.1, 0.15) is 25.0 Å². The smallest absolute Gasteiger partial charge is 0.231 e. The molecule has 1 aliphatic rings. The molecule has 96 valence electrons. The zero-order valence-corrected chi connectivity index (χ0v) is 11.0. The molecule has 0 aliphatic carbocycles. The summed E-state index contributed by atoms with van der Waals surface area (Å²) in [6.07, 6.45) is 0. The molecular formula is C14H18N2O2. The minimum absolute atomic E-state index is 0.0537. The highest BCUT2D eigenvalue weighted by molar-refractivity contribution is 5.50. The minimum atomic E-state index is -0.0537. The van der Waals surface area contributed by atoms with Gasteiger partial charge < -0.3 is 14.8 Å². The first-order valence-electron chi connectivity index (χ1n) is 6.03. The topological polar surface area (TPSA) is 54.3 Å². The Labute approximate surface area is 108 Å². The molecule has 18 heavy (non-hydrogen) atoms. The Balaban J connectivity index is 2.24. The van der Waals surface area contributed by atoms with Gasteiger partial charge in [0.25, 0.3) is 0 Å². The number of nitriles is 1. The van der Waals surface area contributed by atoms with Crippen LogP contribution in [0.15, 0.2) is 12.1 Å². The molecule has 1 aromatic carbocycles. The summed E-state index contributed by atoms with van der Waals surface area (Å²) in [5.74, 6) is 1.63. The van der Waals surface area contributed by atoms with E-state index in [1.807, 2.05) is 12.1 Å². The monoisotopic (exact) mass is 246 g/mol. The molecule has 0 spiro atoms. The average Bonchev–Trinajstić information content (AvgIpc) is 2.75. The number of benzene rings is 1. The SMILES string of the molecule is Cc1cc2c(cc1C(C)(C)CNCC#N)OCO2. The molecule has 2 rings (SSSR count). The van der Waals surface area contributed by atoms with Crippen molar-refractivity contribution in [2.45, 2.75) is 26.2 Å². The third kappa shape index (κ3) is 2.41. The van der Waals surface area contributed by atoms with Crippen LogP contribution in [0.3, 0.4) is 0 Å². The number of nitrogens with one attached hydrogen (secondary N) is 1. The van der Waals surface area contributed by atoms with E-state index >= 15 is 0 Å². The van der Waals surface area contributed by atoms with Crippen LogP contribution in [0.4, 0.5) is 0 Å². The molecular weight excluding hydrogens is 228 g/mol. The summed E-state index contributed by atoms with van der Waals surface area (Å²) < 4.78 is 10.8. The lowest BCUT2D eigenvalue weighted by molar-refractivity contribution is 0.174. The number of rotatable bonds is 4. The molecule has 4 nitrogen and oxygen atoms in total. The fourth-order valence-corrected chi connectivity index (χ4v) is 2.30. The zero-order valence-electron chi connectivity index (χ0n) is 11.0. The Bertz CT molecular complexity index is 489. The second kappa shape index (κ2) is 4.87. The molecule has 1 aromatic rings. The summed E-state index contributed by atoms with van der Waals surface area (Å²) in [5.41, 5.74) is 2.35. The zero-order chi connectivity index (χ0) is 13.2. The molecule has 0 aromatic heterocycles. The maximum absolute atomic E-state index is 8.57. The Morgan fingerprint density at radius 1 is 1.33 bits per heavy atom. The van der Waals surface area contributed by atoms with Crippen LogP contribution in [0.2, 0.25) is 0 Å². The number of hydrogen-bond donors (Lipinski definition) is 1. The fourth-order valence-electron chi connectivity index (χ4n) is 2.30. The van der Waals surface area contributed by atoms with Crippen LogP contribution in [0.25, 0.3) is 0 Å². The molecule has 0 saturated heterocycles. The second-order valence-corrected chi connectivity index (χ2v) is 5.17. The van der Waals surface area contributed by atoms with Crippen molar-refractivity contribution < 1.29 is 9.47 Å². The Hall–Kier alpha value is -1.73. The molecule has 1 aliphatic heterocycles. The van der Waals surface area contributed by atoms with Gasteiger partial charge in [0.2, 0.25) is 6.79 Å². The molecule has 0 amide bonds. The van der Waals surface area contributed by atoms with Crippen molar-refractivity contribution in [2.24, 2.45) is 0 Å². The van der Waals surface area contributed by atoms with E-state index < -0.39 is 0 Å². The normalized spacial score (nSPS) is 13.4. The molecule has 0 unspecified atom stereocenters. The van der Waals surface area contributed by atoms with E-state index in [2.05, 4.69) is 32.2 Å². The van der Waals surface area contributed by atoms with Crippen molar-refractivity contribution in [3.63, 3.8) is 0 Å². The van der Waals surface area contributed by atoms with Gasteiger partial charge in [0, 0.05) is 12.0 Å².